The third kappa shape index (κ3) is 3.88. The number of ether oxygens (including phenoxy) is 2. The van der Waals surface area contributed by atoms with Crippen LogP contribution in [-0.4, -0.2) is 40.8 Å². The number of carbonyl (C=O) groups excluding carboxylic acids is 1. The summed E-state index contributed by atoms with van der Waals surface area (Å²) >= 11 is 1.40. The van der Waals surface area contributed by atoms with Crippen LogP contribution >= 0.6 is 11.8 Å². The Morgan fingerprint density at radius 2 is 1.95 bits per heavy atom. The van der Waals surface area contributed by atoms with E-state index in [-0.39, 0.29) is 12.5 Å². The Balaban J connectivity index is 1.91. The molecule has 0 aliphatic carbocycles. The number of carbonyl (C=O) groups is 1. The smallest absolute Gasteiger partial charge is 0.276 e. The average molecular weight is 308 g/mol. The molecule has 21 heavy (non-hydrogen) atoms. The largest absolute Gasteiger partial charge is 0.497 e. The molecule has 1 aromatic heterocycles. The fourth-order valence-electron chi connectivity index (χ4n) is 1.58. The second-order valence-corrected chi connectivity index (χ2v) is 4.84. The molecule has 0 unspecified atom stereocenters. The van der Waals surface area contributed by atoms with Gasteiger partial charge >= 0.3 is 0 Å². The number of benzene rings is 1. The highest BCUT2D eigenvalue weighted by molar-refractivity contribution is 7.98. The van der Waals surface area contributed by atoms with E-state index in [4.69, 9.17) is 9.47 Å². The summed E-state index contributed by atoms with van der Waals surface area (Å²) in [5.74, 6) is 1.65. The summed E-state index contributed by atoms with van der Waals surface area (Å²) in [5.41, 5.74) is 2.68. The minimum absolute atomic E-state index is 0.0994. The van der Waals surface area contributed by atoms with E-state index in [2.05, 4.69) is 15.6 Å². The molecule has 0 aliphatic heterocycles. The molecule has 0 saturated heterocycles. The van der Waals surface area contributed by atoms with Crippen molar-refractivity contribution >= 4 is 17.7 Å². The van der Waals surface area contributed by atoms with Gasteiger partial charge in [-0.05, 0) is 37.4 Å². The third-order valence-corrected chi connectivity index (χ3v) is 3.27. The third-order valence-electron chi connectivity index (χ3n) is 2.64. The van der Waals surface area contributed by atoms with Gasteiger partial charge in [0.1, 0.15) is 17.3 Å². The number of aryl methyl sites for hydroxylation is 1. The number of hydrogen-bond donors (Lipinski definition) is 1. The zero-order valence-corrected chi connectivity index (χ0v) is 12.8. The molecule has 1 heterocycles. The highest BCUT2D eigenvalue weighted by Crippen LogP contribution is 2.17. The average Bonchev–Trinajstić information content (AvgIpc) is 2.86. The first-order valence-electron chi connectivity index (χ1n) is 6.16. The van der Waals surface area contributed by atoms with E-state index in [0.717, 1.165) is 5.75 Å². The fourth-order valence-corrected chi connectivity index (χ4v) is 2.06. The van der Waals surface area contributed by atoms with Gasteiger partial charge in [0.05, 0.1) is 7.11 Å². The lowest BCUT2D eigenvalue weighted by Gasteiger charge is -2.10. The molecule has 112 valence electrons. The second kappa shape index (κ2) is 6.98. The molecule has 0 fully saturated rings. The molecule has 1 N–H and O–H groups in total. The predicted octanol–water partition coefficient (Wildman–Crippen LogP) is 1.47. The van der Waals surface area contributed by atoms with Crippen LogP contribution in [0.15, 0.2) is 29.4 Å². The van der Waals surface area contributed by atoms with Crippen LogP contribution in [0.4, 0.5) is 0 Å². The highest BCUT2D eigenvalue weighted by atomic mass is 32.2. The molecule has 1 amide bonds. The van der Waals surface area contributed by atoms with Gasteiger partial charge in [-0.3, -0.25) is 10.2 Å². The van der Waals surface area contributed by atoms with Crippen molar-refractivity contribution in [3.8, 4) is 11.5 Å². The van der Waals surface area contributed by atoms with E-state index in [1.807, 2.05) is 6.26 Å². The number of nitrogens with one attached hydrogen (secondary N) is 1. The van der Waals surface area contributed by atoms with Crippen molar-refractivity contribution in [2.75, 3.05) is 25.4 Å². The van der Waals surface area contributed by atoms with Crippen LogP contribution in [0, 0.1) is 6.92 Å². The van der Waals surface area contributed by atoms with Crippen LogP contribution in [0.1, 0.15) is 5.82 Å². The summed E-state index contributed by atoms with van der Waals surface area (Å²) in [6.07, 6.45) is 1.86. The van der Waals surface area contributed by atoms with Crippen LogP contribution in [0.25, 0.3) is 0 Å². The standard InChI is InChI=1S/C13H16N4O3S/c1-9-14-15-13(21-3)17(9)16-12(18)8-20-11-6-4-10(19-2)5-7-11/h4-7H,8H2,1-3H3,(H,16,18). The monoisotopic (exact) mass is 308 g/mol. The molecule has 0 atom stereocenters. The molecule has 0 radical (unpaired) electrons. The molecule has 0 aliphatic rings. The van der Waals surface area contributed by atoms with E-state index in [1.54, 1.807) is 38.3 Å². The Morgan fingerprint density at radius 3 is 2.57 bits per heavy atom. The van der Waals surface area contributed by atoms with Gasteiger partial charge in [-0.1, -0.05) is 11.8 Å². The molecule has 1 aromatic carbocycles. The summed E-state index contributed by atoms with van der Waals surface area (Å²) in [7, 11) is 1.59. The summed E-state index contributed by atoms with van der Waals surface area (Å²) in [6, 6.07) is 7.01. The summed E-state index contributed by atoms with van der Waals surface area (Å²) in [5, 5.41) is 8.45. The quantitative estimate of drug-likeness (QED) is 0.814. The maximum Gasteiger partial charge on any atom is 0.276 e. The van der Waals surface area contributed by atoms with Crippen molar-refractivity contribution in [3.05, 3.63) is 30.1 Å². The van der Waals surface area contributed by atoms with Crippen molar-refractivity contribution in [3.63, 3.8) is 0 Å². The van der Waals surface area contributed by atoms with Crippen molar-refractivity contribution in [2.45, 2.75) is 12.1 Å². The van der Waals surface area contributed by atoms with Gasteiger partial charge < -0.3 is 9.47 Å². The first-order valence-corrected chi connectivity index (χ1v) is 7.39. The molecule has 2 rings (SSSR count). The highest BCUT2D eigenvalue weighted by Gasteiger charge is 2.11. The first-order chi connectivity index (χ1) is 10.1. The Morgan fingerprint density at radius 1 is 1.29 bits per heavy atom. The lowest BCUT2D eigenvalue weighted by atomic mass is 10.3. The maximum atomic E-state index is 11.9. The summed E-state index contributed by atoms with van der Waals surface area (Å²) in [6.45, 7) is 1.66. The number of hydrogen-bond acceptors (Lipinski definition) is 6. The molecule has 2 aromatic rings. The van der Waals surface area contributed by atoms with E-state index in [9.17, 15) is 4.79 Å². The van der Waals surface area contributed by atoms with Gasteiger partial charge in [-0.15, -0.1) is 10.2 Å². The lowest BCUT2D eigenvalue weighted by molar-refractivity contribution is -0.119. The second-order valence-electron chi connectivity index (χ2n) is 4.07. The normalized spacial score (nSPS) is 10.2. The number of nitrogens with zero attached hydrogens (tertiary/aromatic N) is 3. The van der Waals surface area contributed by atoms with Crippen LogP contribution in [-0.2, 0) is 4.79 Å². The maximum absolute atomic E-state index is 11.9. The number of thioether (sulfide) groups is 1. The number of aromatic nitrogens is 3. The fraction of sp³-hybridized carbons (Fsp3) is 0.308. The molecular formula is C13H16N4O3S. The molecule has 8 heteroatoms. The van der Waals surface area contributed by atoms with Crippen LogP contribution < -0.4 is 14.9 Å². The number of methoxy groups -OCH3 is 1. The Kier molecular flexibility index (Phi) is 5.04. The molecule has 7 nitrogen and oxygen atoms in total. The van der Waals surface area contributed by atoms with Crippen molar-refractivity contribution < 1.29 is 14.3 Å². The zero-order valence-electron chi connectivity index (χ0n) is 12.0. The molecule has 0 saturated carbocycles. The Labute approximate surface area is 126 Å². The Bertz CT molecular complexity index is 612. The number of rotatable bonds is 6. The van der Waals surface area contributed by atoms with Gasteiger partial charge in [0.25, 0.3) is 5.91 Å². The SMILES string of the molecule is COc1ccc(OCC(=O)Nn2c(C)nnc2SC)cc1. The van der Waals surface area contributed by atoms with E-state index >= 15 is 0 Å². The van der Waals surface area contributed by atoms with Gasteiger partial charge in [-0.2, -0.15) is 0 Å². The zero-order chi connectivity index (χ0) is 15.2. The minimum Gasteiger partial charge on any atom is -0.497 e. The van der Waals surface area contributed by atoms with Gasteiger partial charge in [-0.25, -0.2) is 4.68 Å². The minimum atomic E-state index is -0.288. The number of amides is 1. The predicted molar refractivity (Wildman–Crippen MR) is 79.4 cm³/mol. The Hall–Kier alpha value is -2.22. The summed E-state index contributed by atoms with van der Waals surface area (Å²) < 4.78 is 12.0. The van der Waals surface area contributed by atoms with Crippen LogP contribution in [0.5, 0.6) is 11.5 Å². The van der Waals surface area contributed by atoms with Crippen molar-refractivity contribution in [2.24, 2.45) is 0 Å². The molecule has 0 spiro atoms. The van der Waals surface area contributed by atoms with Crippen molar-refractivity contribution in [1.82, 2.24) is 14.9 Å². The van der Waals surface area contributed by atoms with Crippen molar-refractivity contribution in [1.29, 1.82) is 0 Å². The lowest BCUT2D eigenvalue weighted by Crippen LogP contribution is -2.29. The van der Waals surface area contributed by atoms with Crippen LogP contribution in [0.3, 0.4) is 0 Å². The first kappa shape index (κ1) is 15.2. The van der Waals surface area contributed by atoms with Gasteiger partial charge in [0.2, 0.25) is 5.16 Å². The van der Waals surface area contributed by atoms with E-state index < -0.39 is 0 Å². The van der Waals surface area contributed by atoms with Gasteiger partial charge in [0, 0.05) is 0 Å². The molecular weight excluding hydrogens is 292 g/mol. The van der Waals surface area contributed by atoms with Crippen LogP contribution in [0.2, 0.25) is 0 Å². The van der Waals surface area contributed by atoms with E-state index in [0.29, 0.717) is 16.7 Å². The van der Waals surface area contributed by atoms with E-state index in [1.165, 1.54) is 16.4 Å². The van der Waals surface area contributed by atoms with Gasteiger partial charge in [0.15, 0.2) is 6.61 Å². The topological polar surface area (TPSA) is 78.3 Å². The summed E-state index contributed by atoms with van der Waals surface area (Å²) in [4.78, 5) is 11.9. The molecule has 0 bridgehead atoms.